The van der Waals surface area contributed by atoms with Crippen molar-refractivity contribution in [2.24, 2.45) is 5.92 Å². The first-order valence-electron chi connectivity index (χ1n) is 6.91. The molecule has 0 bridgehead atoms. The van der Waals surface area contributed by atoms with Crippen LogP contribution in [0.4, 0.5) is 0 Å². The Morgan fingerprint density at radius 3 is 2.65 bits per heavy atom. The largest absolute Gasteiger partial charge is 0.366 e. The van der Waals surface area contributed by atoms with Crippen molar-refractivity contribution >= 4 is 5.91 Å². The summed E-state index contributed by atoms with van der Waals surface area (Å²) in [6, 6.07) is 0.514. The average molecular weight is 239 g/mol. The van der Waals surface area contributed by atoms with E-state index in [2.05, 4.69) is 4.90 Å². The molecule has 0 aromatic carbocycles. The van der Waals surface area contributed by atoms with E-state index in [0.717, 1.165) is 12.5 Å². The van der Waals surface area contributed by atoms with Gasteiger partial charge in [-0.1, -0.05) is 6.42 Å². The molecule has 0 N–H and O–H groups in total. The van der Waals surface area contributed by atoms with Crippen molar-refractivity contribution < 1.29 is 9.53 Å². The second kappa shape index (κ2) is 4.97. The third kappa shape index (κ3) is 3.21. The molecule has 1 saturated heterocycles. The Kier molecular flexibility index (Phi) is 3.76. The lowest BCUT2D eigenvalue weighted by atomic mass is 9.92. The SMILES string of the molecule is CC(C)(C)OCC(=O)N1CCCC2CCCC21. The van der Waals surface area contributed by atoms with Crippen LogP contribution < -0.4 is 0 Å². The van der Waals surface area contributed by atoms with Gasteiger partial charge in [-0.05, 0) is 52.4 Å². The number of likely N-dealkylation sites (tertiary alicyclic amines) is 1. The van der Waals surface area contributed by atoms with Crippen LogP contribution in [0.3, 0.4) is 0 Å². The lowest BCUT2D eigenvalue weighted by Gasteiger charge is -2.38. The highest BCUT2D eigenvalue weighted by Crippen LogP contribution is 2.36. The van der Waals surface area contributed by atoms with Crippen LogP contribution in [0.2, 0.25) is 0 Å². The summed E-state index contributed by atoms with van der Waals surface area (Å²) in [5, 5.41) is 0. The topological polar surface area (TPSA) is 29.5 Å². The molecule has 2 unspecified atom stereocenters. The Morgan fingerprint density at radius 2 is 1.94 bits per heavy atom. The van der Waals surface area contributed by atoms with Crippen molar-refractivity contribution in [2.75, 3.05) is 13.2 Å². The van der Waals surface area contributed by atoms with E-state index < -0.39 is 0 Å². The molecule has 2 aliphatic rings. The molecular formula is C14H25NO2. The molecule has 1 heterocycles. The van der Waals surface area contributed by atoms with Gasteiger partial charge in [0.15, 0.2) is 0 Å². The Bertz CT molecular complexity index is 282. The highest BCUT2D eigenvalue weighted by molar-refractivity contribution is 5.78. The van der Waals surface area contributed by atoms with Gasteiger partial charge in [-0.3, -0.25) is 4.79 Å². The number of rotatable bonds is 2. The number of fused-ring (bicyclic) bond motifs is 1. The standard InChI is InChI=1S/C14H25NO2/c1-14(2,3)17-10-13(16)15-9-5-7-11-6-4-8-12(11)15/h11-12H,4-10H2,1-3H3. The molecule has 2 rings (SSSR count). The van der Waals surface area contributed by atoms with E-state index in [0.29, 0.717) is 6.04 Å². The summed E-state index contributed by atoms with van der Waals surface area (Å²) in [5.74, 6) is 0.957. The number of piperidine rings is 1. The van der Waals surface area contributed by atoms with E-state index in [1.807, 2.05) is 20.8 Å². The van der Waals surface area contributed by atoms with Crippen molar-refractivity contribution in [3.05, 3.63) is 0 Å². The fraction of sp³-hybridized carbons (Fsp3) is 0.929. The third-order valence-electron chi connectivity index (χ3n) is 3.94. The number of amides is 1. The van der Waals surface area contributed by atoms with E-state index in [9.17, 15) is 4.79 Å². The minimum Gasteiger partial charge on any atom is -0.366 e. The van der Waals surface area contributed by atoms with Crippen LogP contribution in [-0.4, -0.2) is 35.6 Å². The van der Waals surface area contributed by atoms with Crippen molar-refractivity contribution in [1.82, 2.24) is 4.90 Å². The number of carbonyl (C=O) groups excluding carboxylic acids is 1. The van der Waals surface area contributed by atoms with Crippen LogP contribution in [0.1, 0.15) is 52.9 Å². The van der Waals surface area contributed by atoms with E-state index in [1.165, 1.54) is 32.1 Å². The molecule has 0 spiro atoms. The van der Waals surface area contributed by atoms with E-state index in [-0.39, 0.29) is 18.1 Å². The quantitative estimate of drug-likeness (QED) is 0.741. The Hall–Kier alpha value is -0.570. The van der Waals surface area contributed by atoms with Gasteiger partial charge in [0, 0.05) is 12.6 Å². The number of nitrogens with zero attached hydrogens (tertiary/aromatic N) is 1. The van der Waals surface area contributed by atoms with Gasteiger partial charge in [-0.25, -0.2) is 0 Å². The Morgan fingerprint density at radius 1 is 1.24 bits per heavy atom. The number of carbonyl (C=O) groups is 1. The molecule has 17 heavy (non-hydrogen) atoms. The number of hydrogen-bond donors (Lipinski definition) is 0. The van der Waals surface area contributed by atoms with Crippen LogP contribution in [0.5, 0.6) is 0 Å². The minimum absolute atomic E-state index is 0.191. The third-order valence-corrected chi connectivity index (χ3v) is 3.94. The van der Waals surface area contributed by atoms with Crippen LogP contribution >= 0.6 is 0 Å². The lowest BCUT2D eigenvalue weighted by molar-refractivity contribution is -0.145. The average Bonchev–Trinajstić information content (AvgIpc) is 2.72. The predicted octanol–water partition coefficient (Wildman–Crippen LogP) is 2.59. The Labute approximate surface area is 105 Å². The smallest absolute Gasteiger partial charge is 0.248 e. The normalized spacial score (nSPS) is 29.2. The molecule has 3 nitrogen and oxygen atoms in total. The zero-order chi connectivity index (χ0) is 12.5. The molecule has 1 aliphatic carbocycles. The number of hydrogen-bond acceptors (Lipinski definition) is 2. The fourth-order valence-electron chi connectivity index (χ4n) is 3.12. The van der Waals surface area contributed by atoms with E-state index in [4.69, 9.17) is 4.74 Å². The molecule has 98 valence electrons. The first-order valence-corrected chi connectivity index (χ1v) is 6.91. The van der Waals surface area contributed by atoms with Crippen LogP contribution in [0, 0.1) is 5.92 Å². The molecule has 0 aromatic heterocycles. The highest BCUT2D eigenvalue weighted by Gasteiger charge is 2.37. The summed E-state index contributed by atoms with van der Waals surface area (Å²) in [4.78, 5) is 14.3. The lowest BCUT2D eigenvalue weighted by Crippen LogP contribution is -2.48. The molecule has 1 amide bonds. The second-order valence-electron chi connectivity index (χ2n) is 6.39. The molecule has 1 saturated carbocycles. The fourth-order valence-corrected chi connectivity index (χ4v) is 3.12. The summed E-state index contributed by atoms with van der Waals surface area (Å²) in [6.45, 7) is 7.17. The van der Waals surface area contributed by atoms with Crippen molar-refractivity contribution in [1.29, 1.82) is 0 Å². The zero-order valence-corrected chi connectivity index (χ0v) is 11.4. The van der Waals surface area contributed by atoms with Gasteiger partial charge in [0.2, 0.25) is 5.91 Å². The minimum atomic E-state index is -0.222. The maximum atomic E-state index is 12.2. The van der Waals surface area contributed by atoms with E-state index in [1.54, 1.807) is 0 Å². The molecule has 3 heteroatoms. The first-order chi connectivity index (χ1) is 7.97. The maximum absolute atomic E-state index is 12.2. The molecule has 1 aliphatic heterocycles. The van der Waals surface area contributed by atoms with Crippen molar-refractivity contribution in [3.8, 4) is 0 Å². The number of ether oxygens (including phenoxy) is 1. The Balaban J connectivity index is 1.90. The monoisotopic (exact) mass is 239 g/mol. The van der Waals surface area contributed by atoms with Gasteiger partial charge in [0.05, 0.1) is 5.60 Å². The summed E-state index contributed by atoms with van der Waals surface area (Å²) in [7, 11) is 0. The molecule has 0 aromatic rings. The van der Waals surface area contributed by atoms with Gasteiger partial charge in [0.1, 0.15) is 6.61 Å². The van der Waals surface area contributed by atoms with Crippen molar-refractivity contribution in [2.45, 2.75) is 64.5 Å². The van der Waals surface area contributed by atoms with Crippen LogP contribution in [0.25, 0.3) is 0 Å². The molecule has 2 atom stereocenters. The molecular weight excluding hydrogens is 214 g/mol. The van der Waals surface area contributed by atoms with Crippen molar-refractivity contribution in [3.63, 3.8) is 0 Å². The predicted molar refractivity (Wildman–Crippen MR) is 67.8 cm³/mol. The summed E-state index contributed by atoms with van der Waals surface area (Å²) < 4.78 is 5.60. The summed E-state index contributed by atoms with van der Waals surface area (Å²) in [5.41, 5.74) is -0.222. The van der Waals surface area contributed by atoms with Gasteiger partial charge in [-0.2, -0.15) is 0 Å². The highest BCUT2D eigenvalue weighted by atomic mass is 16.5. The van der Waals surface area contributed by atoms with Gasteiger partial charge in [-0.15, -0.1) is 0 Å². The maximum Gasteiger partial charge on any atom is 0.248 e. The van der Waals surface area contributed by atoms with Crippen LogP contribution in [0.15, 0.2) is 0 Å². The summed E-state index contributed by atoms with van der Waals surface area (Å²) in [6.07, 6.45) is 6.29. The molecule has 0 radical (unpaired) electrons. The second-order valence-corrected chi connectivity index (χ2v) is 6.39. The van der Waals surface area contributed by atoms with Crippen LogP contribution in [-0.2, 0) is 9.53 Å². The summed E-state index contributed by atoms with van der Waals surface area (Å²) >= 11 is 0. The first kappa shape index (κ1) is 12.9. The van der Waals surface area contributed by atoms with Gasteiger partial charge < -0.3 is 9.64 Å². The van der Waals surface area contributed by atoms with Gasteiger partial charge >= 0.3 is 0 Å². The molecule has 2 fully saturated rings. The van der Waals surface area contributed by atoms with Gasteiger partial charge in [0.25, 0.3) is 0 Å². The zero-order valence-electron chi connectivity index (χ0n) is 11.4. The van der Waals surface area contributed by atoms with E-state index >= 15 is 0 Å².